The van der Waals surface area contributed by atoms with Gasteiger partial charge in [0.05, 0.1) is 23.7 Å². The van der Waals surface area contributed by atoms with Crippen LogP contribution in [0.2, 0.25) is 0 Å². The van der Waals surface area contributed by atoms with Gasteiger partial charge in [-0.1, -0.05) is 0 Å². The van der Waals surface area contributed by atoms with Crippen molar-refractivity contribution in [1.82, 2.24) is 24.5 Å². The highest BCUT2D eigenvalue weighted by Crippen LogP contribution is 2.26. The molecule has 1 amide bonds. The van der Waals surface area contributed by atoms with Gasteiger partial charge in [0.25, 0.3) is 0 Å². The predicted octanol–water partition coefficient (Wildman–Crippen LogP) is 2.61. The Morgan fingerprint density at radius 1 is 1.19 bits per heavy atom. The monoisotopic (exact) mass is 355 g/mol. The Balaban J connectivity index is 1.94. The Bertz CT molecular complexity index is 950. The highest BCUT2D eigenvalue weighted by atomic mass is 19.1. The van der Waals surface area contributed by atoms with E-state index in [0.717, 1.165) is 12.0 Å². The van der Waals surface area contributed by atoms with Crippen molar-refractivity contribution in [1.29, 1.82) is 0 Å². The second-order valence-corrected chi connectivity index (χ2v) is 5.97. The smallest absolute Gasteiger partial charge is 0.250 e. The summed E-state index contributed by atoms with van der Waals surface area (Å²) in [6.45, 7) is 5.83. The molecule has 0 radical (unpaired) electrons. The molecular weight excluding hydrogens is 337 g/mol. The number of pyridine rings is 1. The van der Waals surface area contributed by atoms with Gasteiger partial charge in [-0.05, 0) is 32.9 Å². The molecule has 3 rings (SSSR count). The van der Waals surface area contributed by atoms with Crippen LogP contribution in [0.25, 0.3) is 11.4 Å². The van der Waals surface area contributed by atoms with Crippen molar-refractivity contribution in [3.8, 4) is 11.4 Å². The van der Waals surface area contributed by atoms with Gasteiger partial charge in [-0.3, -0.25) is 4.79 Å². The van der Waals surface area contributed by atoms with Crippen LogP contribution >= 0.6 is 0 Å². The van der Waals surface area contributed by atoms with E-state index < -0.39 is 11.7 Å². The molecule has 0 fully saturated rings. The fourth-order valence-corrected chi connectivity index (χ4v) is 2.62. The number of hydrogen-bond donors (Lipinski definition) is 2. The molecule has 3 N–H and O–H groups in total. The Morgan fingerprint density at radius 2 is 1.96 bits per heavy atom. The second kappa shape index (κ2) is 6.87. The number of aryl methyl sites for hydroxylation is 1. The van der Waals surface area contributed by atoms with Gasteiger partial charge in [0.2, 0.25) is 11.9 Å². The molecule has 0 aliphatic carbocycles. The van der Waals surface area contributed by atoms with Crippen LogP contribution in [0.1, 0.15) is 36.1 Å². The molecule has 0 aliphatic rings. The quantitative estimate of drug-likeness (QED) is 0.727. The number of nitrogens with two attached hydrogens (primary N) is 1. The molecule has 3 heterocycles. The number of hydrogen-bond acceptors (Lipinski definition) is 6. The number of carbonyl (C=O) groups is 1. The van der Waals surface area contributed by atoms with Crippen LogP contribution in [0, 0.1) is 12.7 Å². The van der Waals surface area contributed by atoms with E-state index in [0.29, 0.717) is 11.5 Å². The zero-order valence-corrected chi connectivity index (χ0v) is 14.6. The first kappa shape index (κ1) is 17.5. The summed E-state index contributed by atoms with van der Waals surface area (Å²) in [4.78, 5) is 27.6. The summed E-state index contributed by atoms with van der Waals surface area (Å²) in [6, 6.07) is 3.19. The number of imidazole rings is 1. The maximum atomic E-state index is 14.3. The molecule has 3 aromatic heterocycles. The summed E-state index contributed by atoms with van der Waals surface area (Å²) in [6.07, 6.45) is 4.02. The fraction of sp³-hybridized carbons (Fsp3) is 0.235. The van der Waals surface area contributed by atoms with Crippen molar-refractivity contribution in [3.63, 3.8) is 0 Å². The lowest BCUT2D eigenvalue weighted by molar-refractivity contribution is 0.1000. The standard InChI is InChI=1S/C17H18FN7O/c1-9(2)25-10(3)20-8-13(25)15-12(18)7-22-17(24-15)23-14-5-4-11(6-21-14)16(19)26/h4-9H,1-3H3,(H2,19,26)(H,21,22,23,24). The topological polar surface area (TPSA) is 112 Å². The van der Waals surface area contributed by atoms with Crippen molar-refractivity contribution in [2.45, 2.75) is 26.8 Å². The zero-order valence-electron chi connectivity index (χ0n) is 14.6. The van der Waals surface area contributed by atoms with Gasteiger partial charge >= 0.3 is 0 Å². The lowest BCUT2D eigenvalue weighted by atomic mass is 10.2. The number of nitrogens with one attached hydrogen (secondary N) is 1. The van der Waals surface area contributed by atoms with E-state index in [4.69, 9.17) is 5.73 Å². The summed E-state index contributed by atoms with van der Waals surface area (Å²) >= 11 is 0. The summed E-state index contributed by atoms with van der Waals surface area (Å²) in [7, 11) is 0. The molecule has 0 atom stereocenters. The van der Waals surface area contributed by atoms with Gasteiger partial charge in [-0.2, -0.15) is 0 Å². The summed E-state index contributed by atoms with van der Waals surface area (Å²) in [5, 5.41) is 2.88. The lowest BCUT2D eigenvalue weighted by Crippen LogP contribution is -2.11. The number of anilines is 2. The van der Waals surface area contributed by atoms with Crippen molar-refractivity contribution in [2.24, 2.45) is 5.73 Å². The maximum absolute atomic E-state index is 14.3. The number of halogens is 1. The van der Waals surface area contributed by atoms with E-state index in [9.17, 15) is 9.18 Å². The summed E-state index contributed by atoms with van der Waals surface area (Å²) < 4.78 is 16.2. The zero-order chi connectivity index (χ0) is 18.8. The SMILES string of the molecule is Cc1ncc(-c2nc(Nc3ccc(C(N)=O)cn3)ncc2F)n1C(C)C. The van der Waals surface area contributed by atoms with Gasteiger partial charge in [-0.25, -0.2) is 24.3 Å². The molecule has 8 nitrogen and oxygen atoms in total. The van der Waals surface area contributed by atoms with Crippen molar-refractivity contribution >= 4 is 17.7 Å². The summed E-state index contributed by atoms with van der Waals surface area (Å²) in [5.41, 5.74) is 6.18. The molecule has 0 spiro atoms. The minimum absolute atomic E-state index is 0.0984. The lowest BCUT2D eigenvalue weighted by Gasteiger charge is -2.14. The molecular formula is C17H18FN7O. The number of amides is 1. The molecule has 0 saturated carbocycles. The van der Waals surface area contributed by atoms with Crippen molar-refractivity contribution in [3.05, 3.63) is 47.9 Å². The van der Waals surface area contributed by atoms with Gasteiger partial charge in [0.1, 0.15) is 17.3 Å². The Morgan fingerprint density at radius 3 is 2.58 bits per heavy atom. The molecule has 26 heavy (non-hydrogen) atoms. The third-order valence-corrected chi connectivity index (χ3v) is 3.77. The molecule has 0 bridgehead atoms. The molecule has 0 aliphatic heterocycles. The van der Waals surface area contributed by atoms with Crippen LogP contribution in [0.4, 0.5) is 16.2 Å². The number of nitrogens with zero attached hydrogens (tertiary/aromatic N) is 5. The molecule has 0 saturated heterocycles. The Kier molecular flexibility index (Phi) is 4.61. The van der Waals surface area contributed by atoms with Crippen LogP contribution in [0.15, 0.2) is 30.7 Å². The largest absolute Gasteiger partial charge is 0.366 e. The van der Waals surface area contributed by atoms with E-state index in [1.807, 2.05) is 25.3 Å². The van der Waals surface area contributed by atoms with Gasteiger partial charge in [-0.15, -0.1) is 0 Å². The van der Waals surface area contributed by atoms with Crippen molar-refractivity contribution < 1.29 is 9.18 Å². The molecule has 3 aromatic rings. The first-order valence-corrected chi connectivity index (χ1v) is 7.96. The van der Waals surface area contributed by atoms with Crippen LogP contribution in [-0.4, -0.2) is 30.4 Å². The van der Waals surface area contributed by atoms with E-state index in [2.05, 4.69) is 25.3 Å². The van der Waals surface area contributed by atoms with Crippen LogP contribution in [-0.2, 0) is 0 Å². The van der Waals surface area contributed by atoms with E-state index >= 15 is 0 Å². The van der Waals surface area contributed by atoms with E-state index in [1.165, 1.54) is 12.3 Å². The fourth-order valence-electron chi connectivity index (χ4n) is 2.62. The van der Waals surface area contributed by atoms with Gasteiger partial charge < -0.3 is 15.6 Å². The average Bonchev–Trinajstić information content (AvgIpc) is 2.98. The second-order valence-electron chi connectivity index (χ2n) is 5.97. The van der Waals surface area contributed by atoms with E-state index in [1.54, 1.807) is 12.3 Å². The highest BCUT2D eigenvalue weighted by molar-refractivity contribution is 5.92. The third-order valence-electron chi connectivity index (χ3n) is 3.77. The summed E-state index contributed by atoms with van der Waals surface area (Å²) in [5.74, 6) is 0.235. The number of aromatic nitrogens is 5. The Hall–Kier alpha value is -3.36. The van der Waals surface area contributed by atoms with Crippen molar-refractivity contribution in [2.75, 3.05) is 5.32 Å². The number of primary amides is 1. The average molecular weight is 355 g/mol. The normalized spacial score (nSPS) is 11.0. The first-order valence-electron chi connectivity index (χ1n) is 7.96. The van der Waals surface area contributed by atoms with Crippen LogP contribution < -0.4 is 11.1 Å². The number of rotatable bonds is 5. The number of carbonyl (C=O) groups excluding carboxylic acids is 1. The molecule has 9 heteroatoms. The van der Waals surface area contributed by atoms with Crippen LogP contribution in [0.3, 0.4) is 0 Å². The molecule has 134 valence electrons. The molecule has 0 unspecified atom stereocenters. The first-order chi connectivity index (χ1) is 12.4. The highest BCUT2D eigenvalue weighted by Gasteiger charge is 2.17. The maximum Gasteiger partial charge on any atom is 0.250 e. The van der Waals surface area contributed by atoms with Gasteiger partial charge in [0.15, 0.2) is 5.82 Å². The van der Waals surface area contributed by atoms with Crippen LogP contribution in [0.5, 0.6) is 0 Å². The predicted molar refractivity (Wildman–Crippen MR) is 94.4 cm³/mol. The minimum Gasteiger partial charge on any atom is -0.366 e. The minimum atomic E-state index is -0.568. The third kappa shape index (κ3) is 3.37. The molecule has 0 aromatic carbocycles. The van der Waals surface area contributed by atoms with Gasteiger partial charge in [0, 0.05) is 12.2 Å². The Labute approximate surface area is 149 Å². The van der Waals surface area contributed by atoms with E-state index in [-0.39, 0.29) is 23.2 Å².